The van der Waals surface area contributed by atoms with Crippen molar-refractivity contribution in [3.63, 3.8) is 0 Å². The van der Waals surface area contributed by atoms with Gasteiger partial charge in [0.15, 0.2) is 0 Å². The molecule has 1 aliphatic heterocycles. The molecule has 0 amide bonds. The van der Waals surface area contributed by atoms with Gasteiger partial charge >= 0.3 is 0 Å². The Kier molecular flexibility index (Phi) is 5.21. The number of anilines is 1. The Balaban J connectivity index is 2.25. The van der Waals surface area contributed by atoms with Gasteiger partial charge in [0.1, 0.15) is 4.47 Å². The molecule has 0 aliphatic carbocycles. The Labute approximate surface area is 128 Å². The van der Waals surface area contributed by atoms with Crippen molar-refractivity contribution in [3.05, 3.63) is 21.0 Å². The van der Waals surface area contributed by atoms with E-state index >= 15 is 0 Å². The number of nitrogens with zero attached hydrogens (tertiary/aromatic N) is 3. The Morgan fingerprint density at radius 3 is 2.95 bits per heavy atom. The average molecular weight is 343 g/mol. The summed E-state index contributed by atoms with van der Waals surface area (Å²) < 4.78 is 2.14. The highest BCUT2D eigenvalue weighted by Gasteiger charge is 2.22. The molecule has 0 aromatic carbocycles. The molecule has 6 heteroatoms. The minimum Gasteiger partial charge on any atom is -0.368 e. The Morgan fingerprint density at radius 1 is 1.55 bits per heavy atom. The fraction of sp³-hybridized carbons (Fsp3) is 0.714. The molecule has 112 valence electrons. The van der Waals surface area contributed by atoms with Gasteiger partial charge in [0.05, 0.1) is 17.9 Å². The van der Waals surface area contributed by atoms with Crippen LogP contribution < -0.4 is 15.8 Å². The summed E-state index contributed by atoms with van der Waals surface area (Å²) in [6.45, 7) is 8.94. The Morgan fingerprint density at radius 2 is 2.30 bits per heavy atom. The number of piperidine rings is 1. The van der Waals surface area contributed by atoms with Crippen molar-refractivity contribution in [2.75, 3.05) is 24.5 Å². The summed E-state index contributed by atoms with van der Waals surface area (Å²) in [6, 6.07) is 0.567. The number of hydrogen-bond acceptors (Lipinski definition) is 4. The van der Waals surface area contributed by atoms with Crippen LogP contribution in [0.25, 0.3) is 0 Å². The maximum absolute atomic E-state index is 12.3. The number of nitrogens with one attached hydrogen (secondary N) is 1. The molecule has 0 radical (unpaired) electrons. The molecule has 1 N–H and O–H groups in total. The summed E-state index contributed by atoms with van der Waals surface area (Å²) in [5.41, 5.74) is 0.859. The molecule has 20 heavy (non-hydrogen) atoms. The van der Waals surface area contributed by atoms with E-state index in [9.17, 15) is 4.79 Å². The standard InChI is InChI=1S/C14H23BrN4O/c1-4-16-11-6-5-7-18(9-11)12-8-17-19(10(2)3)14(20)13(12)15/h8,10-11,16H,4-7,9H2,1-3H3. The normalized spacial score (nSPS) is 19.6. The molecular weight excluding hydrogens is 320 g/mol. The van der Waals surface area contributed by atoms with Gasteiger partial charge < -0.3 is 10.2 Å². The third kappa shape index (κ3) is 3.23. The van der Waals surface area contributed by atoms with Crippen molar-refractivity contribution in [1.29, 1.82) is 0 Å². The fourth-order valence-electron chi connectivity index (χ4n) is 2.68. The van der Waals surface area contributed by atoms with Crippen molar-refractivity contribution >= 4 is 21.6 Å². The molecule has 0 spiro atoms. The first-order valence-electron chi connectivity index (χ1n) is 7.30. The van der Waals surface area contributed by atoms with Crippen LogP contribution in [0.2, 0.25) is 0 Å². The summed E-state index contributed by atoms with van der Waals surface area (Å²) in [6.07, 6.45) is 4.13. The van der Waals surface area contributed by atoms with Gasteiger partial charge in [-0.3, -0.25) is 4.79 Å². The second kappa shape index (κ2) is 6.72. The average Bonchev–Trinajstić information content (AvgIpc) is 2.42. The Bertz CT molecular complexity index is 512. The molecule has 1 aromatic rings. The van der Waals surface area contributed by atoms with Crippen LogP contribution in [0.15, 0.2) is 15.5 Å². The molecule has 5 nitrogen and oxygen atoms in total. The predicted octanol–water partition coefficient (Wildman–Crippen LogP) is 2.17. The van der Waals surface area contributed by atoms with Crippen LogP contribution in [0.4, 0.5) is 5.69 Å². The van der Waals surface area contributed by atoms with Gasteiger partial charge in [-0.2, -0.15) is 5.10 Å². The van der Waals surface area contributed by atoms with Gasteiger partial charge in [-0.05, 0) is 49.2 Å². The molecule has 1 fully saturated rings. The number of aromatic nitrogens is 2. The van der Waals surface area contributed by atoms with E-state index in [1.807, 2.05) is 13.8 Å². The van der Waals surface area contributed by atoms with Crippen molar-refractivity contribution in [1.82, 2.24) is 15.1 Å². The summed E-state index contributed by atoms with van der Waals surface area (Å²) in [5.74, 6) is 0. The predicted molar refractivity (Wildman–Crippen MR) is 85.5 cm³/mol. The first-order valence-corrected chi connectivity index (χ1v) is 8.09. The number of hydrogen-bond donors (Lipinski definition) is 1. The highest BCUT2D eigenvalue weighted by Crippen LogP contribution is 2.25. The van der Waals surface area contributed by atoms with E-state index in [0.29, 0.717) is 10.5 Å². The third-order valence-electron chi connectivity index (χ3n) is 3.67. The zero-order valence-electron chi connectivity index (χ0n) is 12.4. The minimum atomic E-state index is -0.0527. The minimum absolute atomic E-state index is 0.0527. The zero-order valence-corrected chi connectivity index (χ0v) is 14.0. The lowest BCUT2D eigenvalue weighted by Crippen LogP contribution is -2.46. The molecule has 0 saturated carbocycles. The lowest BCUT2D eigenvalue weighted by Gasteiger charge is -2.35. The van der Waals surface area contributed by atoms with E-state index in [1.54, 1.807) is 6.20 Å². The van der Waals surface area contributed by atoms with Crippen LogP contribution in [-0.4, -0.2) is 35.5 Å². The maximum atomic E-state index is 12.3. The van der Waals surface area contributed by atoms with Crippen LogP contribution in [0.3, 0.4) is 0 Å². The monoisotopic (exact) mass is 342 g/mol. The molecule has 2 heterocycles. The number of likely N-dealkylation sites (N-methyl/N-ethyl adjacent to an activating group) is 1. The SMILES string of the molecule is CCNC1CCCN(c2cnn(C(C)C)c(=O)c2Br)C1. The van der Waals surface area contributed by atoms with Crippen molar-refractivity contribution in [3.8, 4) is 0 Å². The largest absolute Gasteiger partial charge is 0.368 e. The molecule has 1 aliphatic rings. The van der Waals surface area contributed by atoms with Crippen molar-refractivity contribution < 1.29 is 0 Å². The third-order valence-corrected chi connectivity index (χ3v) is 4.41. The quantitative estimate of drug-likeness (QED) is 0.910. The summed E-state index contributed by atoms with van der Waals surface area (Å²) in [5, 5.41) is 7.78. The second-order valence-electron chi connectivity index (χ2n) is 5.53. The van der Waals surface area contributed by atoms with Gasteiger partial charge in [-0.25, -0.2) is 4.68 Å². The molecule has 2 rings (SSSR count). The summed E-state index contributed by atoms with van der Waals surface area (Å²) >= 11 is 3.46. The van der Waals surface area contributed by atoms with Crippen LogP contribution in [-0.2, 0) is 0 Å². The van der Waals surface area contributed by atoms with E-state index < -0.39 is 0 Å². The summed E-state index contributed by atoms with van der Waals surface area (Å²) in [7, 11) is 0. The van der Waals surface area contributed by atoms with Crippen LogP contribution in [0.1, 0.15) is 39.7 Å². The van der Waals surface area contributed by atoms with E-state index in [-0.39, 0.29) is 11.6 Å². The van der Waals surface area contributed by atoms with Gasteiger partial charge in [0.25, 0.3) is 5.56 Å². The van der Waals surface area contributed by atoms with Gasteiger partial charge in [0.2, 0.25) is 0 Å². The zero-order chi connectivity index (χ0) is 14.7. The molecule has 1 saturated heterocycles. The molecular formula is C14H23BrN4O. The first kappa shape index (κ1) is 15.5. The molecule has 1 atom stereocenters. The molecule has 1 aromatic heterocycles. The smallest absolute Gasteiger partial charge is 0.283 e. The van der Waals surface area contributed by atoms with Gasteiger partial charge in [0, 0.05) is 19.1 Å². The van der Waals surface area contributed by atoms with Crippen LogP contribution in [0, 0.1) is 0 Å². The number of rotatable bonds is 4. The maximum Gasteiger partial charge on any atom is 0.283 e. The molecule has 0 bridgehead atoms. The van der Waals surface area contributed by atoms with Crippen molar-refractivity contribution in [2.24, 2.45) is 0 Å². The summed E-state index contributed by atoms with van der Waals surface area (Å²) in [4.78, 5) is 14.5. The lowest BCUT2D eigenvalue weighted by molar-refractivity contribution is 0.429. The molecule has 1 unspecified atom stereocenters. The fourth-order valence-corrected chi connectivity index (χ4v) is 3.21. The topological polar surface area (TPSA) is 50.2 Å². The van der Waals surface area contributed by atoms with Gasteiger partial charge in [-0.15, -0.1) is 0 Å². The lowest BCUT2D eigenvalue weighted by atomic mass is 10.1. The number of halogens is 1. The van der Waals surface area contributed by atoms with E-state index in [1.165, 1.54) is 11.1 Å². The van der Waals surface area contributed by atoms with Crippen LogP contribution in [0.5, 0.6) is 0 Å². The van der Waals surface area contributed by atoms with Gasteiger partial charge in [-0.1, -0.05) is 6.92 Å². The van der Waals surface area contributed by atoms with Crippen LogP contribution >= 0.6 is 15.9 Å². The second-order valence-corrected chi connectivity index (χ2v) is 6.32. The van der Waals surface area contributed by atoms with E-state index in [4.69, 9.17) is 0 Å². The van der Waals surface area contributed by atoms with E-state index in [2.05, 4.69) is 38.2 Å². The highest BCUT2D eigenvalue weighted by atomic mass is 79.9. The first-order chi connectivity index (χ1) is 9.54. The van der Waals surface area contributed by atoms with Crippen molar-refractivity contribution in [2.45, 2.75) is 45.7 Å². The highest BCUT2D eigenvalue weighted by molar-refractivity contribution is 9.10. The van der Waals surface area contributed by atoms with E-state index in [0.717, 1.165) is 31.7 Å². The Hall–Kier alpha value is -0.880.